The van der Waals surface area contributed by atoms with Crippen molar-refractivity contribution in [3.63, 3.8) is 0 Å². The van der Waals surface area contributed by atoms with Crippen LogP contribution in [0.4, 0.5) is 0 Å². The molecule has 8 heteroatoms. The highest BCUT2D eigenvalue weighted by Gasteiger charge is 2.35. The molecule has 0 aromatic heterocycles. The van der Waals surface area contributed by atoms with E-state index in [1.165, 1.54) is 5.56 Å². The molecule has 0 aliphatic carbocycles. The molecule has 1 unspecified atom stereocenters. The zero-order valence-electron chi connectivity index (χ0n) is 18.1. The Kier molecular flexibility index (Phi) is 9.68. The van der Waals surface area contributed by atoms with Crippen LogP contribution in [0, 0.1) is 5.92 Å². The highest BCUT2D eigenvalue weighted by Crippen LogP contribution is 2.35. The van der Waals surface area contributed by atoms with E-state index >= 15 is 0 Å². The Labute approximate surface area is 202 Å². The summed E-state index contributed by atoms with van der Waals surface area (Å²) in [6.07, 6.45) is 2.82. The van der Waals surface area contributed by atoms with Crippen molar-refractivity contribution in [2.75, 3.05) is 39.9 Å². The number of guanidine groups is 1. The minimum Gasteiger partial charge on any atom is -0.381 e. The number of aliphatic imine (C=N–C) groups is 1. The molecule has 2 heterocycles. The van der Waals surface area contributed by atoms with Crippen molar-refractivity contribution >= 4 is 47.4 Å². The quantitative estimate of drug-likeness (QED) is 0.336. The van der Waals surface area contributed by atoms with E-state index in [9.17, 15) is 4.79 Å². The Bertz CT molecular complexity index is 738. The summed E-state index contributed by atoms with van der Waals surface area (Å²) in [6.45, 7) is 7.68. The van der Waals surface area contributed by atoms with Crippen LogP contribution in [-0.4, -0.2) is 62.7 Å². The SMILES string of the molecule is CN=C(NCC1(c2cccc(Cl)c2)CCOCC1)NC1CCN(C(=O)C(C)C)C1.I. The lowest BCUT2D eigenvalue weighted by atomic mass is 9.74. The largest absolute Gasteiger partial charge is 0.381 e. The highest BCUT2D eigenvalue weighted by atomic mass is 127. The van der Waals surface area contributed by atoms with Crippen molar-refractivity contribution in [2.24, 2.45) is 10.9 Å². The van der Waals surface area contributed by atoms with E-state index in [2.05, 4.69) is 27.8 Å². The van der Waals surface area contributed by atoms with Crippen LogP contribution < -0.4 is 10.6 Å². The number of nitrogens with one attached hydrogen (secondary N) is 2. The lowest BCUT2D eigenvalue weighted by Gasteiger charge is -2.38. The molecule has 2 aliphatic rings. The Morgan fingerprint density at radius 2 is 2.10 bits per heavy atom. The smallest absolute Gasteiger partial charge is 0.225 e. The maximum absolute atomic E-state index is 12.2. The van der Waals surface area contributed by atoms with Crippen LogP contribution in [0.2, 0.25) is 5.02 Å². The van der Waals surface area contributed by atoms with Gasteiger partial charge in [-0.05, 0) is 37.0 Å². The third kappa shape index (κ3) is 6.23. The van der Waals surface area contributed by atoms with Gasteiger partial charge in [0.1, 0.15) is 0 Å². The number of hydrogen-bond acceptors (Lipinski definition) is 3. The zero-order chi connectivity index (χ0) is 20.9. The molecular formula is C22H34ClIN4O2. The maximum Gasteiger partial charge on any atom is 0.225 e. The van der Waals surface area contributed by atoms with Gasteiger partial charge >= 0.3 is 0 Å². The van der Waals surface area contributed by atoms with Gasteiger partial charge in [-0.15, -0.1) is 24.0 Å². The van der Waals surface area contributed by atoms with E-state index in [0.29, 0.717) is 0 Å². The molecule has 1 atom stereocenters. The summed E-state index contributed by atoms with van der Waals surface area (Å²) in [5.74, 6) is 1.04. The number of benzene rings is 1. The van der Waals surface area contributed by atoms with Crippen LogP contribution in [0.25, 0.3) is 0 Å². The summed E-state index contributed by atoms with van der Waals surface area (Å²) in [5, 5.41) is 7.79. The first kappa shape index (κ1) is 25.2. The van der Waals surface area contributed by atoms with Crippen molar-refractivity contribution in [3.8, 4) is 0 Å². The summed E-state index contributed by atoms with van der Waals surface area (Å²) in [7, 11) is 1.79. The molecule has 6 nitrogen and oxygen atoms in total. The first-order valence-corrected chi connectivity index (χ1v) is 10.9. The van der Waals surface area contributed by atoms with E-state index in [1.54, 1.807) is 7.05 Å². The monoisotopic (exact) mass is 548 g/mol. The fourth-order valence-corrected chi connectivity index (χ4v) is 4.42. The van der Waals surface area contributed by atoms with Crippen molar-refractivity contribution in [2.45, 2.75) is 44.6 Å². The number of carbonyl (C=O) groups is 1. The Hall–Kier alpha value is -1.06. The first-order valence-electron chi connectivity index (χ1n) is 10.5. The molecular weight excluding hydrogens is 515 g/mol. The molecule has 1 amide bonds. The van der Waals surface area contributed by atoms with Crippen molar-refractivity contribution in [1.29, 1.82) is 0 Å². The van der Waals surface area contributed by atoms with Gasteiger partial charge in [-0.3, -0.25) is 9.79 Å². The second-order valence-corrected chi connectivity index (χ2v) is 8.83. The zero-order valence-corrected chi connectivity index (χ0v) is 21.2. The molecule has 0 radical (unpaired) electrons. The van der Waals surface area contributed by atoms with E-state index in [4.69, 9.17) is 16.3 Å². The predicted molar refractivity (Wildman–Crippen MR) is 133 cm³/mol. The molecule has 1 aromatic carbocycles. The third-order valence-corrected chi connectivity index (χ3v) is 6.27. The van der Waals surface area contributed by atoms with Crippen molar-refractivity contribution in [3.05, 3.63) is 34.9 Å². The van der Waals surface area contributed by atoms with Crippen LogP contribution in [0.1, 0.15) is 38.7 Å². The molecule has 1 aromatic rings. The molecule has 2 aliphatic heterocycles. The Balaban J connectivity index is 0.00000320. The number of carbonyl (C=O) groups excluding carboxylic acids is 1. The second kappa shape index (κ2) is 11.5. The molecule has 0 saturated carbocycles. The summed E-state index contributed by atoms with van der Waals surface area (Å²) >= 11 is 6.27. The number of ether oxygens (including phenoxy) is 1. The average molecular weight is 549 g/mol. The maximum atomic E-state index is 12.2. The van der Waals surface area contributed by atoms with Crippen LogP contribution in [-0.2, 0) is 14.9 Å². The molecule has 2 fully saturated rings. The Morgan fingerprint density at radius 3 is 2.73 bits per heavy atom. The number of nitrogens with zero attached hydrogens (tertiary/aromatic N) is 2. The van der Waals surface area contributed by atoms with Gasteiger partial charge in [-0.2, -0.15) is 0 Å². The van der Waals surface area contributed by atoms with Crippen LogP contribution >= 0.6 is 35.6 Å². The molecule has 0 bridgehead atoms. The van der Waals surface area contributed by atoms with E-state index in [0.717, 1.165) is 63.1 Å². The normalized spacial score (nSPS) is 21.3. The van der Waals surface area contributed by atoms with Gasteiger partial charge in [-0.25, -0.2) is 0 Å². The van der Waals surface area contributed by atoms with Gasteiger partial charge in [0.15, 0.2) is 5.96 Å². The molecule has 3 rings (SSSR count). The van der Waals surface area contributed by atoms with Crippen molar-refractivity contribution < 1.29 is 9.53 Å². The number of amides is 1. The predicted octanol–water partition coefficient (Wildman–Crippen LogP) is 3.43. The first-order chi connectivity index (χ1) is 13.9. The van der Waals surface area contributed by atoms with Gasteiger partial charge < -0.3 is 20.3 Å². The van der Waals surface area contributed by atoms with Gasteiger partial charge in [0.25, 0.3) is 0 Å². The molecule has 2 N–H and O–H groups in total. The molecule has 0 spiro atoms. The van der Waals surface area contributed by atoms with Gasteiger partial charge in [0, 0.05) is 62.3 Å². The minimum absolute atomic E-state index is 0. The lowest BCUT2D eigenvalue weighted by molar-refractivity contribution is -0.133. The van der Waals surface area contributed by atoms with Crippen LogP contribution in [0.5, 0.6) is 0 Å². The number of halogens is 2. The van der Waals surface area contributed by atoms with Gasteiger partial charge in [-0.1, -0.05) is 37.6 Å². The van der Waals surface area contributed by atoms with E-state index in [1.807, 2.05) is 30.9 Å². The van der Waals surface area contributed by atoms with Crippen LogP contribution in [0.3, 0.4) is 0 Å². The lowest BCUT2D eigenvalue weighted by Crippen LogP contribution is -2.50. The molecule has 168 valence electrons. The third-order valence-electron chi connectivity index (χ3n) is 6.04. The topological polar surface area (TPSA) is 66.0 Å². The average Bonchev–Trinajstić information content (AvgIpc) is 3.19. The number of rotatable bonds is 5. The fourth-order valence-electron chi connectivity index (χ4n) is 4.23. The Morgan fingerprint density at radius 1 is 1.37 bits per heavy atom. The molecule has 30 heavy (non-hydrogen) atoms. The second-order valence-electron chi connectivity index (χ2n) is 8.40. The van der Waals surface area contributed by atoms with E-state index < -0.39 is 0 Å². The summed E-state index contributed by atoms with van der Waals surface area (Å²) < 4.78 is 5.63. The van der Waals surface area contributed by atoms with Gasteiger partial charge in [0.2, 0.25) is 5.91 Å². The molecule has 2 saturated heterocycles. The number of hydrogen-bond donors (Lipinski definition) is 2. The van der Waals surface area contributed by atoms with Crippen LogP contribution in [0.15, 0.2) is 29.3 Å². The van der Waals surface area contributed by atoms with E-state index in [-0.39, 0.29) is 47.3 Å². The summed E-state index contributed by atoms with van der Waals surface area (Å²) in [4.78, 5) is 18.6. The van der Waals surface area contributed by atoms with Crippen molar-refractivity contribution in [1.82, 2.24) is 15.5 Å². The summed E-state index contributed by atoms with van der Waals surface area (Å²) in [6, 6.07) is 8.37. The summed E-state index contributed by atoms with van der Waals surface area (Å²) in [5.41, 5.74) is 1.21. The fraction of sp³-hybridized carbons (Fsp3) is 0.636. The number of likely N-dealkylation sites (tertiary alicyclic amines) is 1. The minimum atomic E-state index is -0.0317. The van der Waals surface area contributed by atoms with Gasteiger partial charge in [0.05, 0.1) is 0 Å². The standard InChI is InChI=1S/C22H33ClN4O2.HI/c1-16(2)20(28)27-10-7-19(14-27)26-21(24-3)25-15-22(8-11-29-12-9-22)17-5-4-6-18(23)13-17;/h4-6,13,16,19H,7-12,14-15H2,1-3H3,(H2,24,25,26);1H. The highest BCUT2D eigenvalue weighted by molar-refractivity contribution is 14.0.